The molecule has 0 bridgehead atoms. The first-order chi connectivity index (χ1) is 7.55. The quantitative estimate of drug-likeness (QED) is 0.701. The van der Waals surface area contributed by atoms with Crippen molar-refractivity contribution in [1.29, 1.82) is 0 Å². The van der Waals surface area contributed by atoms with Crippen molar-refractivity contribution in [3.63, 3.8) is 0 Å². The fourth-order valence-electron chi connectivity index (χ4n) is 0.902. The maximum absolute atomic E-state index is 13.1. The Bertz CT molecular complexity index is 438. The molecule has 0 radical (unpaired) electrons. The molecule has 8 heteroatoms. The zero-order valence-corrected chi connectivity index (χ0v) is 9.42. The molecule has 2 N–H and O–H groups in total. The largest absolute Gasteiger partial charge is 0.383 e. The Morgan fingerprint density at radius 3 is 2.94 bits per heavy atom. The summed E-state index contributed by atoms with van der Waals surface area (Å²) in [5.41, 5.74) is 0. The van der Waals surface area contributed by atoms with Gasteiger partial charge in [-0.25, -0.2) is 9.37 Å². The monoisotopic (exact) mass is 249 g/mol. The molecule has 0 atom stereocenters. The maximum Gasteiger partial charge on any atom is 0.300 e. The number of hydrogen-bond donors (Lipinski definition) is 2. The molecule has 0 fully saturated rings. The Labute approximate surface area is 93.0 Å². The van der Waals surface area contributed by atoms with E-state index in [4.69, 9.17) is 0 Å². The van der Waals surface area contributed by atoms with E-state index >= 15 is 0 Å². The van der Waals surface area contributed by atoms with Crippen LogP contribution in [0.25, 0.3) is 0 Å². The fraction of sp³-hybridized carbons (Fsp3) is 0.375. The van der Waals surface area contributed by atoms with E-state index in [1.165, 1.54) is 19.4 Å². The van der Waals surface area contributed by atoms with Crippen LogP contribution in [0.2, 0.25) is 0 Å². The van der Waals surface area contributed by atoms with Gasteiger partial charge in [0.25, 0.3) is 10.2 Å². The minimum Gasteiger partial charge on any atom is -0.383 e. The number of nitrogens with one attached hydrogen (secondary N) is 2. The summed E-state index contributed by atoms with van der Waals surface area (Å²) >= 11 is 0. The molecule has 0 aliphatic heterocycles. The van der Waals surface area contributed by atoms with Crippen molar-refractivity contribution < 1.29 is 17.5 Å². The van der Waals surface area contributed by atoms with Crippen LogP contribution in [0.15, 0.2) is 18.3 Å². The molecule has 0 aliphatic rings. The van der Waals surface area contributed by atoms with E-state index in [-0.39, 0.29) is 19.0 Å². The normalized spacial score (nSPS) is 11.4. The third kappa shape index (κ3) is 4.09. The fourth-order valence-corrected chi connectivity index (χ4v) is 1.73. The van der Waals surface area contributed by atoms with E-state index in [0.29, 0.717) is 0 Å². The minimum absolute atomic E-state index is 0.0975. The zero-order chi connectivity index (χ0) is 12.0. The molecule has 6 nitrogen and oxygen atoms in total. The number of methoxy groups -OCH3 is 1. The number of pyridine rings is 1. The molecule has 1 rings (SSSR count). The smallest absolute Gasteiger partial charge is 0.300 e. The zero-order valence-electron chi connectivity index (χ0n) is 8.60. The van der Waals surface area contributed by atoms with Gasteiger partial charge in [-0.1, -0.05) is 0 Å². The molecular weight excluding hydrogens is 237 g/mol. The summed E-state index contributed by atoms with van der Waals surface area (Å²) in [7, 11) is -2.37. The van der Waals surface area contributed by atoms with Crippen molar-refractivity contribution in [3.05, 3.63) is 24.1 Å². The van der Waals surface area contributed by atoms with Gasteiger partial charge in [-0.3, -0.25) is 4.72 Å². The van der Waals surface area contributed by atoms with E-state index < -0.39 is 16.0 Å². The molecule has 0 amide bonds. The van der Waals surface area contributed by atoms with E-state index in [1.54, 1.807) is 0 Å². The molecule has 0 aliphatic carbocycles. The molecule has 1 aromatic heterocycles. The standard InChI is InChI=1S/C8H12FN3O3S/c1-15-6-5-11-16(13,14)12-8-7(9)3-2-4-10-8/h2-4,11H,5-6H2,1H3,(H,10,12). The Kier molecular flexibility index (Phi) is 4.59. The highest BCUT2D eigenvalue weighted by atomic mass is 32.2. The summed E-state index contributed by atoms with van der Waals surface area (Å²) in [6.45, 7) is 0.325. The Morgan fingerprint density at radius 2 is 2.31 bits per heavy atom. The van der Waals surface area contributed by atoms with Gasteiger partial charge in [0, 0.05) is 19.9 Å². The second-order valence-electron chi connectivity index (χ2n) is 2.83. The van der Waals surface area contributed by atoms with Crippen molar-refractivity contribution in [2.24, 2.45) is 0 Å². The van der Waals surface area contributed by atoms with Crippen molar-refractivity contribution >= 4 is 16.0 Å². The Morgan fingerprint density at radius 1 is 1.56 bits per heavy atom. The predicted molar refractivity (Wildman–Crippen MR) is 56.6 cm³/mol. The summed E-state index contributed by atoms with van der Waals surface area (Å²) in [5, 5.41) is 0. The second kappa shape index (κ2) is 5.73. The first-order valence-corrected chi connectivity index (χ1v) is 5.90. The second-order valence-corrected chi connectivity index (χ2v) is 4.33. The van der Waals surface area contributed by atoms with Gasteiger partial charge in [-0.2, -0.15) is 13.1 Å². The predicted octanol–water partition coefficient (Wildman–Crippen LogP) is 0.113. The molecule has 0 aromatic carbocycles. The molecule has 0 spiro atoms. The maximum atomic E-state index is 13.1. The number of rotatable bonds is 6. The summed E-state index contributed by atoms with van der Waals surface area (Å²) in [6, 6.07) is 2.48. The SMILES string of the molecule is COCCNS(=O)(=O)Nc1ncccc1F. The number of aromatic nitrogens is 1. The van der Waals surface area contributed by atoms with Crippen molar-refractivity contribution in [2.45, 2.75) is 0 Å². The van der Waals surface area contributed by atoms with Crippen molar-refractivity contribution in [1.82, 2.24) is 9.71 Å². The van der Waals surface area contributed by atoms with Gasteiger partial charge in [-0.15, -0.1) is 0 Å². The van der Waals surface area contributed by atoms with Gasteiger partial charge in [0.15, 0.2) is 11.6 Å². The van der Waals surface area contributed by atoms with Crippen LogP contribution in [0.5, 0.6) is 0 Å². The average molecular weight is 249 g/mol. The average Bonchev–Trinajstić information content (AvgIpc) is 2.21. The summed E-state index contributed by atoms with van der Waals surface area (Å²) in [4.78, 5) is 3.56. The molecule has 0 saturated carbocycles. The molecular formula is C8H12FN3O3S. The third-order valence-corrected chi connectivity index (χ3v) is 2.63. The highest BCUT2D eigenvalue weighted by Gasteiger charge is 2.12. The van der Waals surface area contributed by atoms with Crippen LogP contribution in [0, 0.1) is 5.82 Å². The highest BCUT2D eigenvalue weighted by Crippen LogP contribution is 2.09. The molecule has 0 saturated heterocycles. The topological polar surface area (TPSA) is 80.3 Å². The van der Waals surface area contributed by atoms with E-state index in [0.717, 1.165) is 6.07 Å². The number of nitrogens with zero attached hydrogens (tertiary/aromatic N) is 1. The molecule has 90 valence electrons. The molecule has 1 heterocycles. The van der Waals surface area contributed by atoms with Crippen LogP contribution in [-0.2, 0) is 14.9 Å². The van der Waals surface area contributed by atoms with E-state index in [9.17, 15) is 12.8 Å². The lowest BCUT2D eigenvalue weighted by Crippen LogP contribution is -2.33. The Balaban J connectivity index is 2.63. The number of hydrogen-bond acceptors (Lipinski definition) is 4. The lowest BCUT2D eigenvalue weighted by molar-refractivity contribution is 0.204. The van der Waals surface area contributed by atoms with Crippen molar-refractivity contribution in [2.75, 3.05) is 25.0 Å². The van der Waals surface area contributed by atoms with Gasteiger partial charge in [0.05, 0.1) is 6.61 Å². The van der Waals surface area contributed by atoms with Gasteiger partial charge < -0.3 is 4.74 Å². The van der Waals surface area contributed by atoms with Gasteiger partial charge in [0.2, 0.25) is 0 Å². The number of anilines is 1. The summed E-state index contributed by atoms with van der Waals surface area (Å²) in [5.74, 6) is -1.08. The first kappa shape index (κ1) is 12.8. The van der Waals surface area contributed by atoms with Crippen LogP contribution in [0.1, 0.15) is 0 Å². The lowest BCUT2D eigenvalue weighted by atomic mass is 10.4. The molecule has 1 aromatic rings. The highest BCUT2D eigenvalue weighted by molar-refractivity contribution is 7.90. The Hall–Kier alpha value is -1.25. The third-order valence-electron chi connectivity index (χ3n) is 1.59. The summed E-state index contributed by atoms with van der Waals surface area (Å²) < 4.78 is 44.5. The molecule has 16 heavy (non-hydrogen) atoms. The summed E-state index contributed by atoms with van der Waals surface area (Å²) in [6.07, 6.45) is 1.29. The van der Waals surface area contributed by atoms with Crippen LogP contribution in [0.4, 0.5) is 10.2 Å². The van der Waals surface area contributed by atoms with Gasteiger partial charge in [0.1, 0.15) is 0 Å². The minimum atomic E-state index is -3.81. The van der Waals surface area contributed by atoms with Crippen LogP contribution < -0.4 is 9.44 Å². The van der Waals surface area contributed by atoms with E-state index in [2.05, 4.69) is 14.4 Å². The lowest BCUT2D eigenvalue weighted by Gasteiger charge is -2.08. The van der Waals surface area contributed by atoms with Gasteiger partial charge >= 0.3 is 0 Å². The van der Waals surface area contributed by atoms with Crippen LogP contribution in [0.3, 0.4) is 0 Å². The van der Waals surface area contributed by atoms with Gasteiger partial charge in [-0.05, 0) is 12.1 Å². The van der Waals surface area contributed by atoms with Crippen LogP contribution in [-0.4, -0.2) is 33.7 Å². The van der Waals surface area contributed by atoms with E-state index in [1.807, 2.05) is 4.72 Å². The van der Waals surface area contributed by atoms with Crippen molar-refractivity contribution in [3.8, 4) is 0 Å². The number of ether oxygens (including phenoxy) is 1. The van der Waals surface area contributed by atoms with Crippen LogP contribution >= 0.6 is 0 Å². The first-order valence-electron chi connectivity index (χ1n) is 4.42. The number of halogens is 1. The molecule has 0 unspecified atom stereocenters.